The highest BCUT2D eigenvalue weighted by molar-refractivity contribution is 7.17. The molecule has 0 aliphatic heterocycles. The summed E-state index contributed by atoms with van der Waals surface area (Å²) in [7, 11) is 1.91. The van der Waals surface area contributed by atoms with Gasteiger partial charge in [0.05, 0.1) is 21.6 Å². The fourth-order valence-corrected chi connectivity index (χ4v) is 3.49. The summed E-state index contributed by atoms with van der Waals surface area (Å²) in [5.41, 5.74) is 5.20. The Bertz CT molecular complexity index is 971. The van der Waals surface area contributed by atoms with Crippen molar-refractivity contribution in [3.05, 3.63) is 53.9 Å². The number of pyridine rings is 2. The third-order valence-corrected chi connectivity index (χ3v) is 4.62. The van der Waals surface area contributed by atoms with Crippen LogP contribution in [0.15, 0.2) is 48.2 Å². The van der Waals surface area contributed by atoms with Crippen LogP contribution in [-0.2, 0) is 7.05 Å². The van der Waals surface area contributed by atoms with Gasteiger partial charge >= 0.3 is 0 Å². The highest BCUT2D eigenvalue weighted by Gasteiger charge is 2.10. The molecule has 0 atom stereocenters. The van der Waals surface area contributed by atoms with Crippen LogP contribution in [0.3, 0.4) is 0 Å². The molecule has 4 aromatic heterocycles. The first-order chi connectivity index (χ1) is 11.2. The van der Waals surface area contributed by atoms with Gasteiger partial charge < -0.3 is 5.32 Å². The van der Waals surface area contributed by atoms with Gasteiger partial charge in [-0.05, 0) is 36.8 Å². The van der Waals surface area contributed by atoms with Crippen LogP contribution >= 0.6 is 11.3 Å². The molecule has 5 nitrogen and oxygen atoms in total. The normalized spacial score (nSPS) is 11.0. The summed E-state index contributed by atoms with van der Waals surface area (Å²) >= 11 is 1.70. The van der Waals surface area contributed by atoms with E-state index in [1.807, 2.05) is 38.4 Å². The third kappa shape index (κ3) is 2.57. The number of rotatable bonds is 3. The van der Waals surface area contributed by atoms with Crippen molar-refractivity contribution >= 4 is 33.1 Å². The molecule has 23 heavy (non-hydrogen) atoms. The zero-order valence-electron chi connectivity index (χ0n) is 12.8. The summed E-state index contributed by atoms with van der Waals surface area (Å²) in [6.45, 7) is 1.98. The van der Waals surface area contributed by atoms with E-state index in [2.05, 4.69) is 26.8 Å². The minimum atomic E-state index is 0.822. The Balaban J connectivity index is 1.77. The Morgan fingerprint density at radius 3 is 2.70 bits per heavy atom. The lowest BCUT2D eigenvalue weighted by Gasteiger charge is -2.05. The smallest absolute Gasteiger partial charge is 0.131 e. The molecule has 6 heteroatoms. The maximum atomic E-state index is 4.80. The van der Waals surface area contributed by atoms with Crippen molar-refractivity contribution < 1.29 is 0 Å². The Morgan fingerprint density at radius 2 is 1.96 bits per heavy atom. The van der Waals surface area contributed by atoms with Crippen molar-refractivity contribution in [2.75, 3.05) is 5.32 Å². The number of nitrogens with zero attached hydrogens (tertiary/aromatic N) is 4. The average Bonchev–Trinajstić information content (AvgIpc) is 3.11. The second-order valence-corrected chi connectivity index (χ2v) is 6.27. The van der Waals surface area contributed by atoms with Gasteiger partial charge in [0, 0.05) is 36.6 Å². The number of hydrogen-bond acceptors (Lipinski definition) is 5. The molecule has 0 aliphatic rings. The minimum Gasteiger partial charge on any atom is -0.337 e. The summed E-state index contributed by atoms with van der Waals surface area (Å²) in [5.74, 6) is 0.822. The fraction of sp³-hybridized carbons (Fsp3) is 0.118. The largest absolute Gasteiger partial charge is 0.337 e. The summed E-state index contributed by atoms with van der Waals surface area (Å²) in [5, 5.41) is 9.84. The molecule has 0 fully saturated rings. The van der Waals surface area contributed by atoms with Crippen molar-refractivity contribution in [2.45, 2.75) is 6.92 Å². The number of aryl methyl sites for hydroxylation is 2. The van der Waals surface area contributed by atoms with Gasteiger partial charge in [-0.25, -0.2) is 4.98 Å². The zero-order valence-corrected chi connectivity index (χ0v) is 13.6. The number of anilines is 2. The first-order valence-electron chi connectivity index (χ1n) is 7.26. The van der Waals surface area contributed by atoms with Gasteiger partial charge in [-0.1, -0.05) is 0 Å². The van der Waals surface area contributed by atoms with Gasteiger partial charge in [0.15, 0.2) is 0 Å². The monoisotopic (exact) mass is 321 g/mol. The molecule has 1 N–H and O–H groups in total. The molecule has 0 spiro atoms. The van der Waals surface area contributed by atoms with Gasteiger partial charge in [0.25, 0.3) is 0 Å². The molecule has 0 radical (unpaired) electrons. The molecule has 114 valence electrons. The van der Waals surface area contributed by atoms with Gasteiger partial charge in [-0.3, -0.25) is 9.67 Å². The summed E-state index contributed by atoms with van der Waals surface area (Å²) in [6.07, 6.45) is 5.57. The molecule has 0 bridgehead atoms. The van der Waals surface area contributed by atoms with E-state index in [9.17, 15) is 0 Å². The van der Waals surface area contributed by atoms with Crippen LogP contribution < -0.4 is 5.32 Å². The molecule has 0 aromatic carbocycles. The zero-order chi connectivity index (χ0) is 15.8. The highest BCUT2D eigenvalue weighted by atomic mass is 32.1. The number of hydrogen-bond donors (Lipinski definition) is 1. The fourth-order valence-electron chi connectivity index (χ4n) is 2.58. The average molecular weight is 321 g/mol. The van der Waals surface area contributed by atoms with Gasteiger partial charge in [-0.15, -0.1) is 11.3 Å². The molecule has 4 aromatic rings. The van der Waals surface area contributed by atoms with Crippen molar-refractivity contribution in [3.8, 4) is 11.1 Å². The number of fused-ring (bicyclic) bond motifs is 1. The van der Waals surface area contributed by atoms with Gasteiger partial charge in [0.1, 0.15) is 5.82 Å². The Morgan fingerprint density at radius 1 is 1.13 bits per heavy atom. The Kier molecular flexibility index (Phi) is 3.31. The van der Waals surface area contributed by atoms with Crippen LogP contribution in [0.4, 0.5) is 11.5 Å². The molecule has 0 aliphatic carbocycles. The first kappa shape index (κ1) is 13.9. The molecule has 4 heterocycles. The molecule has 0 unspecified atom stereocenters. The minimum absolute atomic E-state index is 0.822. The third-order valence-electron chi connectivity index (χ3n) is 3.68. The lowest BCUT2D eigenvalue weighted by Crippen LogP contribution is -1.94. The number of thiophene rings is 1. The van der Waals surface area contributed by atoms with E-state index in [-0.39, 0.29) is 0 Å². The Hall–Kier alpha value is -2.73. The number of aromatic nitrogens is 4. The molecular formula is C17H15N5S. The van der Waals surface area contributed by atoms with Crippen molar-refractivity contribution in [1.29, 1.82) is 0 Å². The van der Waals surface area contributed by atoms with Crippen LogP contribution in [0.5, 0.6) is 0 Å². The summed E-state index contributed by atoms with van der Waals surface area (Å²) in [4.78, 5) is 8.88. The first-order valence-corrected chi connectivity index (χ1v) is 8.14. The second kappa shape index (κ2) is 5.48. The highest BCUT2D eigenvalue weighted by Crippen LogP contribution is 2.33. The van der Waals surface area contributed by atoms with E-state index in [1.165, 1.54) is 4.70 Å². The summed E-state index contributed by atoms with van der Waals surface area (Å²) in [6, 6.07) is 8.12. The second-order valence-electron chi connectivity index (χ2n) is 5.36. The predicted molar refractivity (Wildman–Crippen MR) is 94.1 cm³/mol. The topological polar surface area (TPSA) is 55.6 Å². The summed E-state index contributed by atoms with van der Waals surface area (Å²) < 4.78 is 2.97. The molecule has 4 rings (SSSR count). The van der Waals surface area contributed by atoms with Crippen molar-refractivity contribution in [3.63, 3.8) is 0 Å². The van der Waals surface area contributed by atoms with Crippen LogP contribution in [0, 0.1) is 6.92 Å². The van der Waals surface area contributed by atoms with Crippen molar-refractivity contribution in [2.24, 2.45) is 7.05 Å². The molecule has 0 saturated heterocycles. The van der Waals surface area contributed by atoms with Crippen LogP contribution in [-0.4, -0.2) is 19.7 Å². The SMILES string of the molecule is Cc1nn(C)cc1Nc1ccc2scc(-c3ccncc3)c2n1. The lowest BCUT2D eigenvalue weighted by atomic mass is 10.1. The molecule has 0 saturated carbocycles. The van der Waals surface area contributed by atoms with Crippen LogP contribution in [0.2, 0.25) is 0 Å². The molecular weight excluding hydrogens is 306 g/mol. The quantitative estimate of drug-likeness (QED) is 0.616. The van der Waals surface area contributed by atoms with E-state index in [0.29, 0.717) is 0 Å². The van der Waals surface area contributed by atoms with E-state index >= 15 is 0 Å². The molecule has 0 amide bonds. The standard InChI is InChI=1S/C17H15N5S/c1-11-14(9-22(2)21-11)19-16-4-3-15-17(20-16)13(10-23-15)12-5-7-18-8-6-12/h3-10H,1-2H3,(H,19,20). The van der Waals surface area contributed by atoms with E-state index < -0.39 is 0 Å². The van der Waals surface area contributed by atoms with E-state index in [0.717, 1.165) is 33.8 Å². The maximum Gasteiger partial charge on any atom is 0.131 e. The lowest BCUT2D eigenvalue weighted by molar-refractivity contribution is 0.756. The number of nitrogens with one attached hydrogen (secondary N) is 1. The Labute approximate surface area is 137 Å². The van der Waals surface area contributed by atoms with Crippen LogP contribution in [0.1, 0.15) is 5.69 Å². The van der Waals surface area contributed by atoms with Gasteiger partial charge in [0.2, 0.25) is 0 Å². The van der Waals surface area contributed by atoms with Crippen LogP contribution in [0.25, 0.3) is 21.3 Å². The van der Waals surface area contributed by atoms with E-state index in [1.54, 1.807) is 28.4 Å². The van der Waals surface area contributed by atoms with Crippen molar-refractivity contribution in [1.82, 2.24) is 19.7 Å². The van der Waals surface area contributed by atoms with E-state index in [4.69, 9.17) is 4.98 Å². The predicted octanol–water partition coefficient (Wildman–Crippen LogP) is 4.14. The maximum absolute atomic E-state index is 4.80. The van der Waals surface area contributed by atoms with Gasteiger partial charge in [-0.2, -0.15) is 5.10 Å².